The van der Waals surface area contributed by atoms with Gasteiger partial charge in [0.2, 0.25) is 0 Å². The highest BCUT2D eigenvalue weighted by molar-refractivity contribution is 6.27. The van der Waals surface area contributed by atoms with Gasteiger partial charge in [0.1, 0.15) is 0 Å². The molecular formula is C22H22N2O4. The van der Waals surface area contributed by atoms with E-state index in [0.29, 0.717) is 0 Å². The summed E-state index contributed by atoms with van der Waals surface area (Å²) in [6, 6.07) is 24.0. The summed E-state index contributed by atoms with van der Waals surface area (Å²) in [5, 5.41) is 20.9. The van der Waals surface area contributed by atoms with Gasteiger partial charge in [0, 0.05) is 37.3 Å². The first-order chi connectivity index (χ1) is 13.6. The van der Waals surface area contributed by atoms with Crippen molar-refractivity contribution in [2.45, 2.75) is 0 Å². The number of aliphatic carboxylic acids is 2. The molecule has 4 rings (SSSR count). The van der Waals surface area contributed by atoms with Crippen molar-refractivity contribution in [2.24, 2.45) is 0 Å². The van der Waals surface area contributed by atoms with Gasteiger partial charge in [-0.3, -0.25) is 0 Å². The summed E-state index contributed by atoms with van der Waals surface area (Å²) in [5.74, 6) is -3.65. The molecule has 1 saturated heterocycles. The third kappa shape index (κ3) is 4.47. The van der Waals surface area contributed by atoms with Crippen molar-refractivity contribution in [3.05, 3.63) is 66.7 Å². The number of piperazine rings is 1. The van der Waals surface area contributed by atoms with E-state index < -0.39 is 11.9 Å². The van der Waals surface area contributed by atoms with Crippen molar-refractivity contribution in [1.82, 2.24) is 5.32 Å². The first-order valence-corrected chi connectivity index (χ1v) is 9.07. The van der Waals surface area contributed by atoms with Crippen molar-refractivity contribution in [3.8, 4) is 11.1 Å². The standard InChI is InChI=1S/C20H20N2.C2H2O4/c1-2-6-16(7-3-1)17-10-11-20(22-14-12-21-13-15-22)19-9-5-4-8-18(17)19;3-1(4)2(5)6/h1-11,21H,12-15H2;(H,3,4)(H,5,6). The quantitative estimate of drug-likeness (QED) is 0.594. The molecule has 0 aromatic heterocycles. The number of anilines is 1. The van der Waals surface area contributed by atoms with Crippen LogP contribution in [0.5, 0.6) is 0 Å². The average molecular weight is 378 g/mol. The van der Waals surface area contributed by atoms with E-state index in [1.807, 2.05) is 0 Å². The van der Waals surface area contributed by atoms with Crippen LogP contribution in [0.4, 0.5) is 5.69 Å². The molecule has 144 valence electrons. The van der Waals surface area contributed by atoms with E-state index in [9.17, 15) is 0 Å². The number of carbonyl (C=O) groups is 2. The van der Waals surface area contributed by atoms with Crippen molar-refractivity contribution in [2.75, 3.05) is 31.1 Å². The fourth-order valence-electron chi connectivity index (χ4n) is 3.33. The normalized spacial score (nSPS) is 13.5. The van der Waals surface area contributed by atoms with Gasteiger partial charge in [-0.25, -0.2) is 9.59 Å². The molecule has 0 amide bonds. The molecule has 0 bridgehead atoms. The van der Waals surface area contributed by atoms with Gasteiger partial charge in [0.25, 0.3) is 0 Å². The summed E-state index contributed by atoms with van der Waals surface area (Å²) in [7, 11) is 0. The minimum absolute atomic E-state index is 1.06. The molecule has 1 aliphatic heterocycles. The average Bonchev–Trinajstić information content (AvgIpc) is 2.74. The second-order valence-corrected chi connectivity index (χ2v) is 6.39. The second kappa shape index (κ2) is 9.01. The number of hydrogen-bond donors (Lipinski definition) is 3. The second-order valence-electron chi connectivity index (χ2n) is 6.39. The Kier molecular flexibility index (Phi) is 6.24. The monoisotopic (exact) mass is 378 g/mol. The molecule has 0 spiro atoms. The van der Waals surface area contributed by atoms with E-state index >= 15 is 0 Å². The van der Waals surface area contributed by atoms with E-state index in [0.717, 1.165) is 26.2 Å². The van der Waals surface area contributed by atoms with Crippen molar-refractivity contribution < 1.29 is 19.8 Å². The Bertz CT molecular complexity index is 955. The number of fused-ring (bicyclic) bond motifs is 1. The molecule has 3 aromatic carbocycles. The zero-order chi connectivity index (χ0) is 19.9. The summed E-state index contributed by atoms with van der Waals surface area (Å²) in [4.78, 5) is 20.7. The van der Waals surface area contributed by atoms with Gasteiger partial charge in [0.05, 0.1) is 0 Å². The van der Waals surface area contributed by atoms with Gasteiger partial charge in [-0.2, -0.15) is 0 Å². The number of nitrogens with one attached hydrogen (secondary N) is 1. The molecule has 6 heteroatoms. The molecule has 6 nitrogen and oxygen atoms in total. The minimum atomic E-state index is -1.82. The van der Waals surface area contributed by atoms with Crippen LogP contribution in [0.3, 0.4) is 0 Å². The zero-order valence-electron chi connectivity index (χ0n) is 15.3. The highest BCUT2D eigenvalue weighted by Crippen LogP contribution is 2.34. The highest BCUT2D eigenvalue weighted by Gasteiger charge is 2.14. The predicted octanol–water partition coefficient (Wildman–Crippen LogP) is 3.07. The molecule has 0 aliphatic carbocycles. The number of carboxylic acid groups (broad SMARTS) is 2. The Hall–Kier alpha value is -3.38. The van der Waals surface area contributed by atoms with Gasteiger partial charge < -0.3 is 20.4 Å². The molecule has 1 heterocycles. The number of hydrogen-bond acceptors (Lipinski definition) is 4. The van der Waals surface area contributed by atoms with Gasteiger partial charge in [0.15, 0.2) is 0 Å². The highest BCUT2D eigenvalue weighted by atomic mass is 16.4. The van der Waals surface area contributed by atoms with Crippen LogP contribution >= 0.6 is 0 Å². The number of benzene rings is 3. The first-order valence-electron chi connectivity index (χ1n) is 9.07. The van der Waals surface area contributed by atoms with E-state index in [-0.39, 0.29) is 0 Å². The maximum atomic E-state index is 9.10. The van der Waals surface area contributed by atoms with Crippen molar-refractivity contribution >= 4 is 28.4 Å². The Morgan fingerprint density at radius 3 is 1.93 bits per heavy atom. The lowest BCUT2D eigenvalue weighted by molar-refractivity contribution is -0.159. The molecule has 28 heavy (non-hydrogen) atoms. The summed E-state index contributed by atoms with van der Waals surface area (Å²) < 4.78 is 0. The van der Waals surface area contributed by atoms with Crippen molar-refractivity contribution in [3.63, 3.8) is 0 Å². The number of carboxylic acids is 2. The number of rotatable bonds is 2. The molecule has 0 radical (unpaired) electrons. The van der Waals surface area contributed by atoms with Crippen LogP contribution < -0.4 is 10.2 Å². The van der Waals surface area contributed by atoms with Crippen LogP contribution in [-0.4, -0.2) is 48.3 Å². The minimum Gasteiger partial charge on any atom is -0.473 e. The molecule has 0 atom stereocenters. The smallest absolute Gasteiger partial charge is 0.414 e. The molecule has 1 fully saturated rings. The SMILES string of the molecule is O=C(O)C(=O)O.c1ccc(-c2ccc(N3CCNCC3)c3ccccc23)cc1. The Morgan fingerprint density at radius 1 is 0.750 bits per heavy atom. The van der Waals surface area contributed by atoms with E-state index in [1.54, 1.807) is 0 Å². The molecule has 1 aliphatic rings. The van der Waals surface area contributed by atoms with Crippen LogP contribution in [0.15, 0.2) is 66.7 Å². The van der Waals surface area contributed by atoms with Crippen LogP contribution in [0, 0.1) is 0 Å². The van der Waals surface area contributed by atoms with Gasteiger partial charge in [-0.1, -0.05) is 60.7 Å². The third-order valence-electron chi connectivity index (χ3n) is 4.63. The topological polar surface area (TPSA) is 89.9 Å². The van der Waals surface area contributed by atoms with E-state index in [4.69, 9.17) is 19.8 Å². The Balaban J connectivity index is 0.000000330. The molecule has 3 aromatic rings. The van der Waals surface area contributed by atoms with Crippen LogP contribution in [0.25, 0.3) is 21.9 Å². The summed E-state index contributed by atoms with van der Waals surface area (Å²) in [6.45, 7) is 4.28. The predicted molar refractivity (Wildman–Crippen MR) is 110 cm³/mol. The largest absolute Gasteiger partial charge is 0.473 e. The first kappa shape index (κ1) is 19.4. The zero-order valence-corrected chi connectivity index (χ0v) is 15.3. The lowest BCUT2D eigenvalue weighted by Gasteiger charge is -2.30. The maximum absolute atomic E-state index is 9.10. The van der Waals surface area contributed by atoms with Crippen LogP contribution in [-0.2, 0) is 9.59 Å². The Morgan fingerprint density at radius 2 is 1.32 bits per heavy atom. The van der Waals surface area contributed by atoms with Crippen LogP contribution in [0.1, 0.15) is 0 Å². The summed E-state index contributed by atoms with van der Waals surface area (Å²) in [5.41, 5.74) is 3.96. The molecule has 3 N–H and O–H groups in total. The summed E-state index contributed by atoms with van der Waals surface area (Å²) in [6.07, 6.45) is 0. The lowest BCUT2D eigenvalue weighted by Crippen LogP contribution is -2.43. The fourth-order valence-corrected chi connectivity index (χ4v) is 3.33. The lowest BCUT2D eigenvalue weighted by atomic mass is 9.96. The molecule has 0 unspecified atom stereocenters. The Labute approximate surface area is 163 Å². The van der Waals surface area contributed by atoms with Gasteiger partial charge in [-0.05, 0) is 22.6 Å². The summed E-state index contributed by atoms with van der Waals surface area (Å²) >= 11 is 0. The van der Waals surface area contributed by atoms with E-state index in [2.05, 4.69) is 76.9 Å². The maximum Gasteiger partial charge on any atom is 0.414 e. The van der Waals surface area contributed by atoms with Crippen LogP contribution in [0.2, 0.25) is 0 Å². The van der Waals surface area contributed by atoms with Crippen molar-refractivity contribution in [1.29, 1.82) is 0 Å². The molecule has 0 saturated carbocycles. The third-order valence-corrected chi connectivity index (χ3v) is 4.63. The van der Waals surface area contributed by atoms with E-state index in [1.165, 1.54) is 27.6 Å². The molecular weight excluding hydrogens is 356 g/mol. The number of nitrogens with zero attached hydrogens (tertiary/aromatic N) is 1. The van der Waals surface area contributed by atoms with Gasteiger partial charge in [-0.15, -0.1) is 0 Å². The van der Waals surface area contributed by atoms with Gasteiger partial charge >= 0.3 is 11.9 Å². The fraction of sp³-hybridized carbons (Fsp3) is 0.182.